The van der Waals surface area contributed by atoms with Crippen LogP contribution in [-0.4, -0.2) is 92.7 Å². The lowest BCUT2D eigenvalue weighted by Crippen LogP contribution is -2.71. The van der Waals surface area contributed by atoms with Crippen LogP contribution in [0.1, 0.15) is 75.5 Å². The van der Waals surface area contributed by atoms with E-state index in [0.29, 0.717) is 51.6 Å². The molecule has 0 aromatic heterocycles. The van der Waals surface area contributed by atoms with Gasteiger partial charge in [-0.05, 0) is 48.8 Å². The Morgan fingerprint density at radius 3 is 2.46 bits per heavy atom. The van der Waals surface area contributed by atoms with Crippen LogP contribution in [0.15, 0.2) is 24.3 Å². The number of alkyl halides is 4. The van der Waals surface area contributed by atoms with Crippen molar-refractivity contribution in [2.45, 2.75) is 89.0 Å². The van der Waals surface area contributed by atoms with E-state index in [1.165, 1.54) is 31.4 Å². The number of halogens is 4. The smallest absolute Gasteiger partial charge is 0.396 e. The molecule has 234 valence electrons. The highest BCUT2D eigenvalue weighted by molar-refractivity contribution is 5.27. The lowest BCUT2D eigenvalue weighted by atomic mass is 9.77. The van der Waals surface area contributed by atoms with Gasteiger partial charge in [-0.25, -0.2) is 4.39 Å². The number of morpholine rings is 1. The zero-order valence-corrected chi connectivity index (χ0v) is 24.3. The van der Waals surface area contributed by atoms with Crippen molar-refractivity contribution in [3.05, 3.63) is 35.4 Å². The molecule has 41 heavy (non-hydrogen) atoms. The lowest BCUT2D eigenvalue weighted by Gasteiger charge is -2.50. The molecular weight excluding hydrogens is 540 g/mol. The molecule has 3 aliphatic rings. The normalized spacial score (nSPS) is 28.1. The molecule has 3 saturated heterocycles. The first kappa shape index (κ1) is 32.6. The Morgan fingerprint density at radius 1 is 1.05 bits per heavy atom. The van der Waals surface area contributed by atoms with Crippen molar-refractivity contribution in [1.82, 2.24) is 20.4 Å². The van der Waals surface area contributed by atoms with E-state index in [1.54, 1.807) is 0 Å². The van der Waals surface area contributed by atoms with Crippen LogP contribution in [0.5, 0.6) is 0 Å². The summed E-state index contributed by atoms with van der Waals surface area (Å²) in [6.45, 7) is 6.59. The van der Waals surface area contributed by atoms with Gasteiger partial charge in [-0.3, -0.25) is 20.4 Å². The van der Waals surface area contributed by atoms with Gasteiger partial charge in [0.2, 0.25) is 0 Å². The number of aliphatic hydroxyl groups excluding tert-OH is 1. The maximum absolute atomic E-state index is 16.7. The summed E-state index contributed by atoms with van der Waals surface area (Å²) in [7, 11) is 0. The number of hydrogen-bond donors (Lipinski definition) is 3. The molecule has 1 aromatic carbocycles. The maximum atomic E-state index is 16.7. The van der Waals surface area contributed by atoms with Gasteiger partial charge in [0.15, 0.2) is 6.17 Å². The summed E-state index contributed by atoms with van der Waals surface area (Å²) >= 11 is 0. The largest absolute Gasteiger partial charge is 0.416 e. The highest BCUT2D eigenvalue weighted by Gasteiger charge is 2.45. The average Bonchev–Trinajstić information content (AvgIpc) is 2.97. The molecule has 0 saturated carbocycles. The van der Waals surface area contributed by atoms with E-state index < -0.39 is 30.2 Å². The first-order valence-corrected chi connectivity index (χ1v) is 15.3. The highest BCUT2D eigenvalue weighted by atomic mass is 19.4. The number of aliphatic hydroxyl groups is 1. The number of nitrogens with zero attached hydrogens (tertiary/aromatic N) is 2. The predicted octanol–water partition coefficient (Wildman–Crippen LogP) is 4.67. The second-order valence-electron chi connectivity index (χ2n) is 11.8. The first-order valence-electron chi connectivity index (χ1n) is 15.3. The molecule has 0 amide bonds. The second kappa shape index (κ2) is 15.4. The molecule has 3 heterocycles. The summed E-state index contributed by atoms with van der Waals surface area (Å²) in [5, 5.41) is 16.8. The van der Waals surface area contributed by atoms with E-state index in [4.69, 9.17) is 9.47 Å². The Hall–Kier alpha value is -1.34. The van der Waals surface area contributed by atoms with E-state index in [2.05, 4.69) is 22.5 Å². The van der Waals surface area contributed by atoms with E-state index in [9.17, 15) is 18.3 Å². The van der Waals surface area contributed by atoms with Crippen molar-refractivity contribution in [3.8, 4) is 0 Å². The second-order valence-corrected chi connectivity index (χ2v) is 11.8. The average molecular weight is 589 g/mol. The monoisotopic (exact) mass is 588 g/mol. The summed E-state index contributed by atoms with van der Waals surface area (Å²) < 4.78 is 67.5. The molecule has 0 aliphatic carbocycles. The van der Waals surface area contributed by atoms with E-state index in [1.807, 2.05) is 4.90 Å². The molecule has 7 nitrogen and oxygen atoms in total. The number of rotatable bonds is 13. The van der Waals surface area contributed by atoms with Crippen LogP contribution in [0.4, 0.5) is 17.6 Å². The quantitative estimate of drug-likeness (QED) is 0.229. The first-order chi connectivity index (χ1) is 19.8. The van der Waals surface area contributed by atoms with Crippen molar-refractivity contribution in [1.29, 1.82) is 0 Å². The van der Waals surface area contributed by atoms with E-state index in [0.717, 1.165) is 44.4 Å². The molecule has 1 aromatic rings. The van der Waals surface area contributed by atoms with Gasteiger partial charge in [0.05, 0.1) is 43.8 Å². The Bertz CT molecular complexity index is 895. The minimum atomic E-state index is -4.41. The van der Waals surface area contributed by atoms with Gasteiger partial charge < -0.3 is 14.6 Å². The van der Waals surface area contributed by atoms with Crippen LogP contribution >= 0.6 is 0 Å². The van der Waals surface area contributed by atoms with Crippen molar-refractivity contribution in [3.63, 3.8) is 0 Å². The lowest BCUT2D eigenvalue weighted by molar-refractivity contribution is -0.137. The third kappa shape index (κ3) is 8.61. The van der Waals surface area contributed by atoms with Crippen molar-refractivity contribution < 1.29 is 32.1 Å². The number of nitrogens with one attached hydrogen (secondary N) is 2. The standard InChI is InChI=1S/C30H48F4N4O3/c1-2-3-4-5-6-14-37-22-36-28(26(31)27(37)35-21-29(11-16-39)12-17-40-18-13-29)38-15-19-41-20-25(38)23-7-9-24(10-8-23)30(32,33)34/h7-10,25-28,35-36,39H,2-6,11-22H2,1H3/t25-,26?,27?,28?/m1/s1. The van der Waals surface area contributed by atoms with E-state index in [-0.39, 0.29) is 24.7 Å². The third-order valence-corrected chi connectivity index (χ3v) is 9.08. The van der Waals surface area contributed by atoms with Crippen LogP contribution in [0, 0.1) is 5.41 Å². The van der Waals surface area contributed by atoms with Crippen LogP contribution in [0.2, 0.25) is 0 Å². The minimum Gasteiger partial charge on any atom is -0.396 e. The van der Waals surface area contributed by atoms with E-state index >= 15 is 4.39 Å². The van der Waals surface area contributed by atoms with Crippen molar-refractivity contribution in [2.24, 2.45) is 5.41 Å². The Kier molecular flexibility index (Phi) is 12.2. The molecule has 3 unspecified atom stereocenters. The van der Waals surface area contributed by atoms with Gasteiger partial charge in [-0.15, -0.1) is 0 Å². The fourth-order valence-corrected chi connectivity index (χ4v) is 6.48. The molecule has 0 bridgehead atoms. The summed E-state index contributed by atoms with van der Waals surface area (Å²) in [6, 6.07) is 4.77. The van der Waals surface area contributed by atoms with Crippen LogP contribution in [0.3, 0.4) is 0 Å². The van der Waals surface area contributed by atoms with Gasteiger partial charge in [0.25, 0.3) is 0 Å². The van der Waals surface area contributed by atoms with Gasteiger partial charge in [-0.2, -0.15) is 13.2 Å². The molecule has 3 N–H and O–H groups in total. The number of ether oxygens (including phenoxy) is 2. The molecule has 3 fully saturated rings. The van der Waals surface area contributed by atoms with Crippen molar-refractivity contribution >= 4 is 0 Å². The Balaban J connectivity index is 1.50. The summed E-state index contributed by atoms with van der Waals surface area (Å²) in [5.74, 6) is 0. The summed E-state index contributed by atoms with van der Waals surface area (Å²) in [4.78, 5) is 4.16. The van der Waals surface area contributed by atoms with Crippen LogP contribution < -0.4 is 10.6 Å². The minimum absolute atomic E-state index is 0.0826. The molecule has 0 radical (unpaired) electrons. The topological polar surface area (TPSA) is 69.2 Å². The third-order valence-electron chi connectivity index (χ3n) is 9.08. The number of benzene rings is 1. The Morgan fingerprint density at radius 2 is 1.78 bits per heavy atom. The zero-order valence-electron chi connectivity index (χ0n) is 24.3. The van der Waals surface area contributed by atoms with Gasteiger partial charge in [0.1, 0.15) is 0 Å². The molecule has 0 spiro atoms. The number of hydrogen-bond acceptors (Lipinski definition) is 7. The van der Waals surface area contributed by atoms with Crippen LogP contribution in [-0.2, 0) is 15.7 Å². The van der Waals surface area contributed by atoms with Gasteiger partial charge in [0, 0.05) is 39.5 Å². The summed E-state index contributed by atoms with van der Waals surface area (Å²) in [5.41, 5.74) is -0.159. The molecule has 4 atom stereocenters. The zero-order chi connectivity index (χ0) is 29.3. The summed E-state index contributed by atoms with van der Waals surface area (Å²) in [6.07, 6.45) is 1.05. The molecule has 4 rings (SSSR count). The fourth-order valence-electron chi connectivity index (χ4n) is 6.48. The van der Waals surface area contributed by atoms with Crippen molar-refractivity contribution in [2.75, 3.05) is 59.3 Å². The fraction of sp³-hybridized carbons (Fsp3) is 0.800. The molecule has 3 aliphatic heterocycles. The maximum Gasteiger partial charge on any atom is 0.416 e. The molecular formula is C30H48F4N4O3. The number of unbranched alkanes of at least 4 members (excludes halogenated alkanes) is 4. The van der Waals surface area contributed by atoms with Crippen LogP contribution in [0.25, 0.3) is 0 Å². The Labute approximate surface area is 241 Å². The highest BCUT2D eigenvalue weighted by Crippen LogP contribution is 2.36. The SMILES string of the molecule is CCCCCCCN1CNC(N2CCOC[C@@H]2c2ccc(C(F)(F)F)cc2)C(F)C1NCC1(CCO)CCOCC1. The molecule has 11 heteroatoms. The van der Waals surface area contributed by atoms with Gasteiger partial charge in [-0.1, -0.05) is 44.7 Å². The van der Waals surface area contributed by atoms with Gasteiger partial charge >= 0.3 is 6.18 Å². The predicted molar refractivity (Wildman–Crippen MR) is 150 cm³/mol.